The van der Waals surface area contributed by atoms with E-state index in [2.05, 4.69) is 23.1 Å². The molecule has 0 unspecified atom stereocenters. The minimum Gasteiger partial charge on any atom is -0.490 e. The second-order valence-corrected chi connectivity index (χ2v) is 5.68. The largest absolute Gasteiger partial charge is 0.490 e. The summed E-state index contributed by atoms with van der Waals surface area (Å²) in [5.74, 6) is 1.01. The number of hydrogen-bond acceptors (Lipinski definition) is 3. The average Bonchev–Trinajstić information content (AvgIpc) is 2.43. The molecule has 3 nitrogen and oxygen atoms in total. The summed E-state index contributed by atoms with van der Waals surface area (Å²) in [6, 6.07) is 6.38. The van der Waals surface area contributed by atoms with E-state index in [9.17, 15) is 0 Å². The van der Waals surface area contributed by atoms with Gasteiger partial charge in [0.2, 0.25) is 0 Å². The molecule has 2 N–H and O–H groups in total. The van der Waals surface area contributed by atoms with Crippen molar-refractivity contribution in [1.29, 1.82) is 0 Å². The topological polar surface area (TPSA) is 38.5 Å². The lowest BCUT2D eigenvalue weighted by Gasteiger charge is -2.32. The molecular formula is C16H24N2O. The Balaban J connectivity index is 1.83. The number of piperidine rings is 1. The van der Waals surface area contributed by atoms with Gasteiger partial charge in [0.05, 0.1) is 6.10 Å². The highest BCUT2D eigenvalue weighted by Crippen LogP contribution is 2.34. The van der Waals surface area contributed by atoms with Gasteiger partial charge in [0.25, 0.3) is 0 Å². The van der Waals surface area contributed by atoms with Crippen LogP contribution in [0.4, 0.5) is 5.69 Å². The van der Waals surface area contributed by atoms with Gasteiger partial charge in [-0.25, -0.2) is 0 Å². The number of nitrogens with zero attached hydrogens (tertiary/aromatic N) is 1. The second kappa shape index (κ2) is 5.83. The van der Waals surface area contributed by atoms with Crippen LogP contribution in [-0.2, 0) is 6.54 Å². The zero-order valence-electron chi connectivity index (χ0n) is 11.6. The molecule has 0 amide bonds. The summed E-state index contributed by atoms with van der Waals surface area (Å²) in [6.45, 7) is 2.87. The molecule has 0 aromatic heterocycles. The predicted molar refractivity (Wildman–Crippen MR) is 78.7 cm³/mol. The van der Waals surface area contributed by atoms with Crippen LogP contribution < -0.4 is 15.4 Å². The molecule has 3 heteroatoms. The van der Waals surface area contributed by atoms with Gasteiger partial charge in [-0.15, -0.1) is 0 Å². The number of ether oxygens (including phenoxy) is 1. The van der Waals surface area contributed by atoms with Crippen LogP contribution in [0.15, 0.2) is 18.2 Å². The first-order chi connectivity index (χ1) is 9.38. The van der Waals surface area contributed by atoms with E-state index in [1.807, 2.05) is 0 Å². The van der Waals surface area contributed by atoms with Crippen LogP contribution in [0.25, 0.3) is 0 Å². The molecule has 2 aliphatic rings. The van der Waals surface area contributed by atoms with E-state index in [4.69, 9.17) is 10.5 Å². The minimum atomic E-state index is 0.418. The summed E-state index contributed by atoms with van der Waals surface area (Å²) in [4.78, 5) is 2.47. The van der Waals surface area contributed by atoms with Gasteiger partial charge in [0.1, 0.15) is 5.75 Å². The molecule has 3 rings (SSSR count). The zero-order valence-corrected chi connectivity index (χ0v) is 11.6. The molecule has 1 aliphatic heterocycles. The van der Waals surface area contributed by atoms with Gasteiger partial charge in [0.15, 0.2) is 0 Å². The van der Waals surface area contributed by atoms with Crippen LogP contribution in [-0.4, -0.2) is 19.2 Å². The van der Waals surface area contributed by atoms with E-state index in [0.717, 1.165) is 18.8 Å². The highest BCUT2D eigenvalue weighted by Gasteiger charge is 2.22. The third-order valence-corrected chi connectivity index (χ3v) is 4.36. The lowest BCUT2D eigenvalue weighted by atomic mass is 9.96. The number of nitrogens with two attached hydrogens (primary N) is 1. The fraction of sp³-hybridized carbons (Fsp3) is 0.625. The molecule has 19 heavy (non-hydrogen) atoms. The van der Waals surface area contributed by atoms with Crippen molar-refractivity contribution in [3.8, 4) is 5.75 Å². The molecular weight excluding hydrogens is 236 g/mol. The summed E-state index contributed by atoms with van der Waals surface area (Å²) in [5, 5.41) is 0. The van der Waals surface area contributed by atoms with Gasteiger partial charge in [-0.3, -0.25) is 0 Å². The number of benzene rings is 1. The number of rotatable bonds is 4. The lowest BCUT2D eigenvalue weighted by Crippen LogP contribution is -2.31. The van der Waals surface area contributed by atoms with Gasteiger partial charge in [-0.05, 0) is 50.7 Å². The van der Waals surface area contributed by atoms with Crippen molar-refractivity contribution in [2.75, 3.05) is 18.0 Å². The minimum absolute atomic E-state index is 0.418. The Morgan fingerprint density at radius 1 is 1.11 bits per heavy atom. The van der Waals surface area contributed by atoms with Gasteiger partial charge in [0, 0.05) is 30.9 Å². The van der Waals surface area contributed by atoms with Crippen LogP contribution in [0, 0.1) is 0 Å². The zero-order chi connectivity index (χ0) is 13.1. The fourth-order valence-corrected chi connectivity index (χ4v) is 2.97. The van der Waals surface area contributed by atoms with Crippen molar-refractivity contribution in [2.45, 2.75) is 51.2 Å². The standard InChI is InChI=1S/C16H24N2O/c17-12-14-15(18-10-2-1-3-11-18)8-5-9-16(14)19-13-6-4-7-13/h5,8-9,13H,1-4,6-7,10-12,17H2. The van der Waals surface area contributed by atoms with Crippen molar-refractivity contribution in [3.63, 3.8) is 0 Å². The maximum atomic E-state index is 6.10. The van der Waals surface area contributed by atoms with Crippen molar-refractivity contribution < 1.29 is 4.74 Å². The molecule has 0 radical (unpaired) electrons. The Morgan fingerprint density at radius 2 is 1.89 bits per heavy atom. The van der Waals surface area contributed by atoms with E-state index >= 15 is 0 Å². The smallest absolute Gasteiger partial charge is 0.126 e. The molecule has 1 saturated heterocycles. The van der Waals surface area contributed by atoms with Crippen LogP contribution in [0.5, 0.6) is 5.75 Å². The Hall–Kier alpha value is -1.22. The van der Waals surface area contributed by atoms with E-state index in [-0.39, 0.29) is 0 Å². The van der Waals surface area contributed by atoms with Crippen molar-refractivity contribution in [2.24, 2.45) is 5.73 Å². The lowest BCUT2D eigenvalue weighted by molar-refractivity contribution is 0.119. The highest BCUT2D eigenvalue weighted by atomic mass is 16.5. The van der Waals surface area contributed by atoms with Crippen LogP contribution >= 0.6 is 0 Å². The molecule has 2 fully saturated rings. The van der Waals surface area contributed by atoms with Gasteiger partial charge in [-0.2, -0.15) is 0 Å². The molecule has 104 valence electrons. The monoisotopic (exact) mass is 260 g/mol. The van der Waals surface area contributed by atoms with Crippen molar-refractivity contribution in [1.82, 2.24) is 0 Å². The molecule has 0 atom stereocenters. The van der Waals surface area contributed by atoms with Crippen molar-refractivity contribution >= 4 is 5.69 Å². The Morgan fingerprint density at radius 3 is 2.53 bits per heavy atom. The molecule has 0 spiro atoms. The SMILES string of the molecule is NCc1c(OC2CCC2)cccc1N1CCCCC1. The summed E-state index contributed by atoms with van der Waals surface area (Å²) >= 11 is 0. The van der Waals surface area contributed by atoms with Gasteiger partial charge < -0.3 is 15.4 Å². The molecule has 1 saturated carbocycles. The second-order valence-electron chi connectivity index (χ2n) is 5.68. The Bertz CT molecular complexity index is 423. The van der Waals surface area contributed by atoms with Crippen LogP contribution in [0.3, 0.4) is 0 Å². The van der Waals surface area contributed by atoms with Crippen LogP contribution in [0.2, 0.25) is 0 Å². The molecule has 1 aromatic carbocycles. The van der Waals surface area contributed by atoms with E-state index in [1.165, 1.54) is 49.8 Å². The summed E-state index contributed by atoms with van der Waals surface area (Å²) < 4.78 is 6.10. The Kier molecular flexibility index (Phi) is 3.92. The predicted octanol–water partition coefficient (Wildman–Crippen LogP) is 3.07. The highest BCUT2D eigenvalue weighted by molar-refractivity contribution is 5.59. The fourth-order valence-electron chi connectivity index (χ4n) is 2.97. The van der Waals surface area contributed by atoms with Gasteiger partial charge in [-0.1, -0.05) is 6.07 Å². The van der Waals surface area contributed by atoms with Crippen LogP contribution in [0.1, 0.15) is 44.1 Å². The summed E-state index contributed by atoms with van der Waals surface area (Å²) in [7, 11) is 0. The summed E-state index contributed by atoms with van der Waals surface area (Å²) in [5.41, 5.74) is 8.47. The van der Waals surface area contributed by atoms with Crippen molar-refractivity contribution in [3.05, 3.63) is 23.8 Å². The van der Waals surface area contributed by atoms with E-state index in [0.29, 0.717) is 12.6 Å². The number of anilines is 1. The molecule has 1 aromatic rings. The van der Waals surface area contributed by atoms with E-state index < -0.39 is 0 Å². The maximum Gasteiger partial charge on any atom is 0.126 e. The Labute approximate surface area is 115 Å². The molecule has 1 aliphatic carbocycles. The third kappa shape index (κ3) is 2.71. The maximum absolute atomic E-state index is 6.10. The average molecular weight is 260 g/mol. The molecule has 1 heterocycles. The number of hydrogen-bond donors (Lipinski definition) is 1. The first-order valence-electron chi connectivity index (χ1n) is 7.62. The normalized spacial score (nSPS) is 20.2. The molecule has 0 bridgehead atoms. The van der Waals surface area contributed by atoms with Gasteiger partial charge >= 0.3 is 0 Å². The van der Waals surface area contributed by atoms with E-state index in [1.54, 1.807) is 0 Å². The third-order valence-electron chi connectivity index (χ3n) is 4.36. The summed E-state index contributed by atoms with van der Waals surface area (Å²) in [6.07, 6.45) is 8.04. The first-order valence-corrected chi connectivity index (χ1v) is 7.62. The quantitative estimate of drug-likeness (QED) is 0.904. The first kappa shape index (κ1) is 12.8.